The largest absolute Gasteiger partial charge is 0.507 e. The average molecular weight is 331 g/mol. The summed E-state index contributed by atoms with van der Waals surface area (Å²) in [5.74, 6) is -0.0690. The van der Waals surface area contributed by atoms with E-state index < -0.39 is 0 Å². The van der Waals surface area contributed by atoms with Crippen LogP contribution in [0.5, 0.6) is 5.75 Å². The van der Waals surface area contributed by atoms with Crippen LogP contribution in [0.25, 0.3) is 0 Å². The topological polar surface area (TPSA) is 43.8 Å². The van der Waals surface area contributed by atoms with Gasteiger partial charge in [0.1, 0.15) is 5.75 Å². The van der Waals surface area contributed by atoms with Gasteiger partial charge in [-0.3, -0.25) is 4.79 Å². The number of phenols is 1. The van der Waals surface area contributed by atoms with Crippen LogP contribution in [0.4, 0.5) is 5.69 Å². The van der Waals surface area contributed by atoms with Gasteiger partial charge in [-0.15, -0.1) is 0 Å². The number of hydrogen-bond acceptors (Lipinski definition) is 3. The lowest BCUT2D eigenvalue weighted by Crippen LogP contribution is -2.48. The van der Waals surface area contributed by atoms with Gasteiger partial charge in [0.2, 0.25) is 0 Å². The highest BCUT2D eigenvalue weighted by molar-refractivity contribution is 6.30. The molecule has 1 saturated heterocycles. The van der Waals surface area contributed by atoms with Crippen LogP contribution in [0.15, 0.2) is 42.5 Å². The van der Waals surface area contributed by atoms with E-state index in [1.54, 1.807) is 17.0 Å². The SMILES string of the molecule is Cc1ccc(C(=O)N2CCN(c3cccc(Cl)c3)CC2)c(O)c1. The number of benzene rings is 2. The molecule has 0 unspecified atom stereocenters. The second-order valence-electron chi connectivity index (χ2n) is 5.78. The monoisotopic (exact) mass is 330 g/mol. The molecule has 1 amide bonds. The van der Waals surface area contributed by atoms with Crippen LogP contribution in [0.1, 0.15) is 15.9 Å². The van der Waals surface area contributed by atoms with Gasteiger partial charge >= 0.3 is 0 Å². The second-order valence-corrected chi connectivity index (χ2v) is 6.22. The van der Waals surface area contributed by atoms with Crippen LogP contribution in [0, 0.1) is 6.92 Å². The number of nitrogens with zero attached hydrogens (tertiary/aromatic N) is 2. The fourth-order valence-corrected chi connectivity index (χ4v) is 3.02. The van der Waals surface area contributed by atoms with Gasteiger partial charge in [-0.1, -0.05) is 23.7 Å². The summed E-state index contributed by atoms with van der Waals surface area (Å²) in [5, 5.41) is 10.7. The zero-order valence-electron chi connectivity index (χ0n) is 13.0. The number of aryl methyl sites for hydroxylation is 1. The molecule has 0 saturated carbocycles. The lowest BCUT2D eigenvalue weighted by Gasteiger charge is -2.36. The van der Waals surface area contributed by atoms with Crippen molar-refractivity contribution in [3.05, 3.63) is 58.6 Å². The third-order valence-corrected chi connectivity index (χ3v) is 4.36. The highest BCUT2D eigenvalue weighted by Gasteiger charge is 2.24. The van der Waals surface area contributed by atoms with Crippen LogP contribution in [-0.4, -0.2) is 42.1 Å². The predicted molar refractivity (Wildman–Crippen MR) is 92.4 cm³/mol. The van der Waals surface area contributed by atoms with E-state index in [4.69, 9.17) is 11.6 Å². The van der Waals surface area contributed by atoms with E-state index in [1.165, 1.54) is 0 Å². The minimum atomic E-state index is -0.117. The zero-order valence-corrected chi connectivity index (χ0v) is 13.8. The number of hydrogen-bond donors (Lipinski definition) is 1. The molecule has 120 valence electrons. The summed E-state index contributed by atoms with van der Waals surface area (Å²) in [6.07, 6.45) is 0. The summed E-state index contributed by atoms with van der Waals surface area (Å²) in [4.78, 5) is 16.6. The maximum atomic E-state index is 12.6. The van der Waals surface area contributed by atoms with Crippen molar-refractivity contribution in [3.8, 4) is 5.75 Å². The number of amides is 1. The van der Waals surface area contributed by atoms with Gasteiger partial charge in [0, 0.05) is 36.9 Å². The van der Waals surface area contributed by atoms with Crippen molar-refractivity contribution in [1.29, 1.82) is 0 Å². The van der Waals surface area contributed by atoms with E-state index in [0.29, 0.717) is 23.7 Å². The molecule has 3 rings (SSSR count). The van der Waals surface area contributed by atoms with Gasteiger partial charge < -0.3 is 14.9 Å². The number of piperazine rings is 1. The Morgan fingerprint density at radius 2 is 1.83 bits per heavy atom. The summed E-state index contributed by atoms with van der Waals surface area (Å²) in [7, 11) is 0. The third kappa shape index (κ3) is 3.42. The van der Waals surface area contributed by atoms with E-state index in [9.17, 15) is 9.90 Å². The van der Waals surface area contributed by atoms with Crippen LogP contribution >= 0.6 is 11.6 Å². The van der Waals surface area contributed by atoms with Gasteiger partial charge in [0.25, 0.3) is 5.91 Å². The molecule has 2 aromatic carbocycles. The third-order valence-electron chi connectivity index (χ3n) is 4.12. The molecule has 1 heterocycles. The first-order valence-corrected chi connectivity index (χ1v) is 8.02. The van der Waals surface area contributed by atoms with Crippen LogP contribution < -0.4 is 4.90 Å². The first-order valence-electron chi connectivity index (χ1n) is 7.64. The minimum Gasteiger partial charge on any atom is -0.507 e. The summed E-state index contributed by atoms with van der Waals surface area (Å²) in [6, 6.07) is 12.9. The van der Waals surface area contributed by atoms with Crippen molar-refractivity contribution in [2.45, 2.75) is 6.92 Å². The normalized spacial score (nSPS) is 14.9. The molecule has 0 radical (unpaired) electrons. The number of aromatic hydroxyl groups is 1. The Morgan fingerprint density at radius 1 is 1.09 bits per heavy atom. The fraction of sp³-hybridized carbons (Fsp3) is 0.278. The van der Waals surface area contributed by atoms with Gasteiger partial charge in [0.15, 0.2) is 0 Å². The molecular weight excluding hydrogens is 312 g/mol. The van der Waals surface area contributed by atoms with Gasteiger partial charge in [-0.05, 0) is 42.8 Å². The van der Waals surface area contributed by atoms with Gasteiger partial charge in [0.05, 0.1) is 5.56 Å². The fourth-order valence-electron chi connectivity index (χ4n) is 2.83. The smallest absolute Gasteiger partial charge is 0.257 e. The van der Waals surface area contributed by atoms with Crippen molar-refractivity contribution in [1.82, 2.24) is 4.90 Å². The summed E-state index contributed by atoms with van der Waals surface area (Å²) < 4.78 is 0. The number of anilines is 1. The van der Waals surface area contributed by atoms with E-state index in [-0.39, 0.29) is 11.7 Å². The highest BCUT2D eigenvalue weighted by Crippen LogP contribution is 2.23. The number of carbonyl (C=O) groups excluding carboxylic acids is 1. The lowest BCUT2D eigenvalue weighted by atomic mass is 10.1. The van der Waals surface area contributed by atoms with Gasteiger partial charge in [-0.25, -0.2) is 0 Å². The van der Waals surface area contributed by atoms with Crippen molar-refractivity contribution in [2.75, 3.05) is 31.1 Å². The Morgan fingerprint density at radius 3 is 2.48 bits per heavy atom. The molecule has 0 aromatic heterocycles. The van der Waals surface area contributed by atoms with Crippen molar-refractivity contribution < 1.29 is 9.90 Å². The van der Waals surface area contributed by atoms with Crippen LogP contribution in [0.2, 0.25) is 5.02 Å². The molecule has 0 spiro atoms. The van der Waals surface area contributed by atoms with Crippen molar-refractivity contribution >= 4 is 23.2 Å². The predicted octanol–water partition coefficient (Wildman–Crippen LogP) is 3.32. The molecule has 0 bridgehead atoms. The minimum absolute atomic E-state index is 0.0484. The maximum Gasteiger partial charge on any atom is 0.257 e. The van der Waals surface area contributed by atoms with E-state index >= 15 is 0 Å². The molecule has 1 fully saturated rings. The molecule has 2 aromatic rings. The lowest BCUT2D eigenvalue weighted by molar-refractivity contribution is 0.0744. The molecule has 5 heteroatoms. The molecule has 1 aliphatic heterocycles. The van der Waals surface area contributed by atoms with E-state index in [0.717, 1.165) is 24.3 Å². The zero-order chi connectivity index (χ0) is 16.4. The molecule has 23 heavy (non-hydrogen) atoms. The molecule has 0 aliphatic carbocycles. The molecule has 1 aliphatic rings. The molecular formula is C18H19ClN2O2. The van der Waals surface area contributed by atoms with Crippen molar-refractivity contribution in [3.63, 3.8) is 0 Å². The molecule has 4 nitrogen and oxygen atoms in total. The highest BCUT2D eigenvalue weighted by atomic mass is 35.5. The van der Waals surface area contributed by atoms with E-state index in [1.807, 2.05) is 37.3 Å². The average Bonchev–Trinajstić information content (AvgIpc) is 2.54. The Labute approximate surface area is 140 Å². The Bertz CT molecular complexity index is 725. The Balaban J connectivity index is 1.68. The molecule has 1 N–H and O–H groups in total. The summed E-state index contributed by atoms with van der Waals surface area (Å²) in [5.41, 5.74) is 2.37. The summed E-state index contributed by atoms with van der Waals surface area (Å²) in [6.45, 7) is 4.63. The first kappa shape index (κ1) is 15.7. The van der Waals surface area contributed by atoms with Crippen molar-refractivity contribution in [2.24, 2.45) is 0 Å². The first-order chi connectivity index (χ1) is 11.0. The standard InChI is InChI=1S/C18H19ClN2O2/c1-13-5-6-16(17(22)11-13)18(23)21-9-7-20(8-10-21)15-4-2-3-14(19)12-15/h2-6,11-12,22H,7-10H2,1H3. The number of rotatable bonds is 2. The van der Waals surface area contributed by atoms with Crippen LogP contribution in [-0.2, 0) is 0 Å². The van der Waals surface area contributed by atoms with Crippen LogP contribution in [0.3, 0.4) is 0 Å². The molecule has 0 atom stereocenters. The second kappa shape index (κ2) is 6.50. The number of carbonyl (C=O) groups is 1. The number of phenolic OH excluding ortho intramolecular Hbond substituents is 1. The summed E-state index contributed by atoms with van der Waals surface area (Å²) >= 11 is 6.03. The quantitative estimate of drug-likeness (QED) is 0.918. The maximum absolute atomic E-state index is 12.6. The number of halogens is 1. The van der Waals surface area contributed by atoms with E-state index in [2.05, 4.69) is 4.90 Å². The Kier molecular flexibility index (Phi) is 4.44. The Hall–Kier alpha value is -2.20. The van der Waals surface area contributed by atoms with Gasteiger partial charge in [-0.2, -0.15) is 0 Å².